The number of aryl methyl sites for hydroxylation is 2. The van der Waals surface area contributed by atoms with E-state index in [2.05, 4.69) is 35.6 Å². The summed E-state index contributed by atoms with van der Waals surface area (Å²) < 4.78 is 8.82. The van der Waals surface area contributed by atoms with Gasteiger partial charge in [-0.1, -0.05) is 0 Å². The molecule has 5 heterocycles. The van der Waals surface area contributed by atoms with Crippen molar-refractivity contribution in [1.82, 2.24) is 34.4 Å². The highest BCUT2D eigenvalue weighted by Gasteiger charge is 2.22. The maximum absolute atomic E-state index is 13.1. The lowest BCUT2D eigenvalue weighted by molar-refractivity contribution is 0.102. The zero-order valence-corrected chi connectivity index (χ0v) is 17.6. The molecule has 4 aromatic rings. The largest absolute Gasteiger partial charge is 0.478 e. The molecule has 160 valence electrons. The van der Waals surface area contributed by atoms with Crippen LogP contribution >= 0.6 is 0 Å². The Hall–Kier alpha value is -3.73. The number of carbonyl (C=O) groups is 1. The van der Waals surface area contributed by atoms with E-state index in [1.165, 1.54) is 7.11 Å². The summed E-state index contributed by atoms with van der Waals surface area (Å²) in [6.45, 7) is 5.39. The molecule has 0 atom stereocenters. The molecule has 0 aliphatic carbocycles. The lowest BCUT2D eigenvalue weighted by Crippen LogP contribution is -2.44. The van der Waals surface area contributed by atoms with E-state index in [9.17, 15) is 4.79 Å². The van der Waals surface area contributed by atoms with Crippen LogP contribution < -0.4 is 20.3 Å². The number of aromatic nitrogens is 6. The van der Waals surface area contributed by atoms with Crippen LogP contribution in [0.25, 0.3) is 16.6 Å². The van der Waals surface area contributed by atoms with Crippen molar-refractivity contribution in [2.24, 2.45) is 7.05 Å². The predicted molar refractivity (Wildman–Crippen MR) is 116 cm³/mol. The number of hydrogen-bond acceptors (Lipinski definition) is 8. The van der Waals surface area contributed by atoms with E-state index in [0.29, 0.717) is 28.4 Å². The van der Waals surface area contributed by atoms with Crippen LogP contribution in [0, 0.1) is 6.92 Å². The molecule has 1 saturated heterocycles. The summed E-state index contributed by atoms with van der Waals surface area (Å²) in [6, 6.07) is 0. The fraction of sp³-hybridized carbons (Fsp3) is 0.350. The molecular formula is C20H23N9O2. The number of hydrogen-bond donors (Lipinski definition) is 2. The molecule has 0 unspecified atom stereocenters. The SMILES string of the molecule is COc1nc(NC(=O)c2cnc(N3CCNCC3)c3cn(C)nc23)cn2cc(C)nc12. The fourth-order valence-corrected chi connectivity index (χ4v) is 3.88. The lowest BCUT2D eigenvalue weighted by atomic mass is 10.1. The second-order valence-electron chi connectivity index (χ2n) is 7.50. The van der Waals surface area contributed by atoms with Gasteiger partial charge in [0.2, 0.25) is 5.65 Å². The molecule has 0 radical (unpaired) electrons. The van der Waals surface area contributed by atoms with Crippen molar-refractivity contribution in [3.63, 3.8) is 0 Å². The maximum atomic E-state index is 13.1. The molecule has 2 N–H and O–H groups in total. The summed E-state index contributed by atoms with van der Waals surface area (Å²) in [4.78, 5) is 28.7. The van der Waals surface area contributed by atoms with Gasteiger partial charge in [0.25, 0.3) is 11.8 Å². The third-order valence-corrected chi connectivity index (χ3v) is 5.26. The molecule has 1 aliphatic heterocycles. The number of imidazole rings is 1. The monoisotopic (exact) mass is 421 g/mol. The van der Waals surface area contributed by atoms with Crippen LogP contribution in [0.4, 0.5) is 11.6 Å². The van der Waals surface area contributed by atoms with Crippen LogP contribution in [-0.4, -0.2) is 68.3 Å². The minimum atomic E-state index is -0.339. The minimum Gasteiger partial charge on any atom is -0.478 e. The van der Waals surface area contributed by atoms with Crippen LogP contribution in [0.2, 0.25) is 0 Å². The number of fused-ring (bicyclic) bond motifs is 2. The molecule has 0 spiro atoms. The Kier molecular flexibility index (Phi) is 4.66. The highest BCUT2D eigenvalue weighted by molar-refractivity contribution is 6.12. The highest BCUT2D eigenvalue weighted by Crippen LogP contribution is 2.27. The number of methoxy groups -OCH3 is 1. The number of nitrogens with zero attached hydrogens (tertiary/aromatic N) is 7. The molecule has 31 heavy (non-hydrogen) atoms. The Morgan fingerprint density at radius 1 is 1.19 bits per heavy atom. The summed E-state index contributed by atoms with van der Waals surface area (Å²) >= 11 is 0. The van der Waals surface area contributed by atoms with E-state index in [1.807, 2.05) is 26.4 Å². The van der Waals surface area contributed by atoms with Gasteiger partial charge in [-0.25, -0.2) is 9.97 Å². The Labute approximate surface area is 178 Å². The molecule has 1 amide bonds. The Balaban J connectivity index is 1.51. The van der Waals surface area contributed by atoms with E-state index >= 15 is 0 Å². The number of rotatable bonds is 4. The van der Waals surface area contributed by atoms with Crippen molar-refractivity contribution in [3.8, 4) is 5.88 Å². The van der Waals surface area contributed by atoms with Crippen molar-refractivity contribution in [1.29, 1.82) is 0 Å². The molecule has 1 aliphatic rings. The van der Waals surface area contributed by atoms with E-state index in [1.54, 1.807) is 21.5 Å². The molecule has 11 nitrogen and oxygen atoms in total. The van der Waals surface area contributed by atoms with Crippen LogP contribution in [0.3, 0.4) is 0 Å². The van der Waals surface area contributed by atoms with Gasteiger partial charge in [-0.3, -0.25) is 13.9 Å². The van der Waals surface area contributed by atoms with Crippen molar-refractivity contribution in [2.45, 2.75) is 6.92 Å². The lowest BCUT2D eigenvalue weighted by Gasteiger charge is -2.28. The standard InChI is InChI=1S/C20H23N9O2/c1-12-9-29-11-15(25-20(31-3)18(29)23-12)24-19(30)13-8-22-17(28-6-4-21-5-7-28)14-10-27(2)26-16(13)14/h8-11,21H,4-7H2,1-3H3,(H,24,30). The van der Waals surface area contributed by atoms with Crippen LogP contribution in [0.1, 0.15) is 16.1 Å². The number of amides is 1. The summed E-state index contributed by atoms with van der Waals surface area (Å²) in [6.07, 6.45) is 7.03. The van der Waals surface area contributed by atoms with E-state index in [-0.39, 0.29) is 5.91 Å². The second-order valence-corrected chi connectivity index (χ2v) is 7.50. The Morgan fingerprint density at radius 3 is 2.77 bits per heavy atom. The molecule has 11 heteroatoms. The first-order valence-corrected chi connectivity index (χ1v) is 10.0. The van der Waals surface area contributed by atoms with Gasteiger partial charge in [-0.05, 0) is 6.92 Å². The number of piperazine rings is 1. The molecule has 0 bridgehead atoms. The van der Waals surface area contributed by atoms with Gasteiger partial charge in [0.1, 0.15) is 11.3 Å². The minimum absolute atomic E-state index is 0.334. The molecule has 5 rings (SSSR count). The summed E-state index contributed by atoms with van der Waals surface area (Å²) in [5.41, 5.74) is 2.41. The Morgan fingerprint density at radius 2 is 2.00 bits per heavy atom. The normalized spacial score (nSPS) is 14.4. The van der Waals surface area contributed by atoms with Gasteiger partial charge in [0, 0.05) is 51.8 Å². The van der Waals surface area contributed by atoms with Gasteiger partial charge in [-0.2, -0.15) is 10.1 Å². The van der Waals surface area contributed by atoms with Gasteiger partial charge < -0.3 is 20.3 Å². The number of ether oxygens (including phenoxy) is 1. The van der Waals surface area contributed by atoms with E-state index in [4.69, 9.17) is 4.74 Å². The van der Waals surface area contributed by atoms with Gasteiger partial charge in [0.05, 0.1) is 30.0 Å². The summed E-state index contributed by atoms with van der Waals surface area (Å²) in [5, 5.41) is 11.6. The average molecular weight is 421 g/mol. The maximum Gasteiger partial charge on any atom is 0.260 e. The number of nitrogens with one attached hydrogen (secondary N) is 2. The van der Waals surface area contributed by atoms with Crippen molar-refractivity contribution >= 4 is 34.1 Å². The van der Waals surface area contributed by atoms with Crippen LogP contribution in [0.5, 0.6) is 5.88 Å². The molecule has 1 fully saturated rings. The average Bonchev–Trinajstić information content (AvgIpc) is 3.34. The van der Waals surface area contributed by atoms with Crippen molar-refractivity contribution in [3.05, 3.63) is 36.0 Å². The first-order valence-electron chi connectivity index (χ1n) is 10.0. The smallest absolute Gasteiger partial charge is 0.260 e. The Bertz CT molecular complexity index is 1290. The van der Waals surface area contributed by atoms with Gasteiger partial charge >= 0.3 is 0 Å². The van der Waals surface area contributed by atoms with Crippen molar-refractivity contribution in [2.75, 3.05) is 43.5 Å². The summed E-state index contributed by atoms with van der Waals surface area (Å²) in [7, 11) is 3.36. The van der Waals surface area contributed by atoms with Gasteiger partial charge in [-0.15, -0.1) is 0 Å². The van der Waals surface area contributed by atoms with Crippen LogP contribution in [-0.2, 0) is 7.05 Å². The van der Waals surface area contributed by atoms with E-state index in [0.717, 1.165) is 43.1 Å². The third kappa shape index (κ3) is 3.42. The number of anilines is 2. The third-order valence-electron chi connectivity index (χ3n) is 5.26. The second kappa shape index (κ2) is 7.51. The first kappa shape index (κ1) is 19.2. The fourth-order valence-electron chi connectivity index (χ4n) is 3.88. The van der Waals surface area contributed by atoms with Crippen LogP contribution in [0.15, 0.2) is 24.8 Å². The van der Waals surface area contributed by atoms with E-state index < -0.39 is 0 Å². The zero-order valence-electron chi connectivity index (χ0n) is 17.6. The number of carbonyl (C=O) groups excluding carboxylic acids is 1. The quantitative estimate of drug-likeness (QED) is 0.501. The molecule has 0 aromatic carbocycles. The molecular weight excluding hydrogens is 398 g/mol. The van der Waals surface area contributed by atoms with Crippen molar-refractivity contribution < 1.29 is 9.53 Å². The number of pyridine rings is 1. The predicted octanol–water partition coefficient (Wildman–Crippen LogP) is 0.990. The topological polar surface area (TPSA) is 114 Å². The molecule has 4 aromatic heterocycles. The van der Waals surface area contributed by atoms with Gasteiger partial charge in [0.15, 0.2) is 5.82 Å². The zero-order chi connectivity index (χ0) is 21.5. The first-order chi connectivity index (χ1) is 15.0. The summed E-state index contributed by atoms with van der Waals surface area (Å²) in [5.74, 6) is 1.19. The molecule has 0 saturated carbocycles. The highest BCUT2D eigenvalue weighted by atomic mass is 16.5.